The number of hydrogen-bond acceptors (Lipinski definition) is 6. The van der Waals surface area contributed by atoms with Crippen LogP contribution in [0, 0.1) is 13.8 Å². The van der Waals surface area contributed by atoms with Gasteiger partial charge in [0.1, 0.15) is 17.4 Å². The molecule has 3 N–H and O–H groups in total. The summed E-state index contributed by atoms with van der Waals surface area (Å²) in [5, 5.41) is 20.3. The lowest BCUT2D eigenvalue weighted by molar-refractivity contribution is -0.147. The summed E-state index contributed by atoms with van der Waals surface area (Å²) in [5.74, 6) is -3.36. The molecule has 2 rings (SSSR count). The zero-order valence-electron chi connectivity index (χ0n) is 14.1. The lowest BCUT2D eigenvalue weighted by Gasteiger charge is -2.13. The van der Waals surface area contributed by atoms with Gasteiger partial charge in [0, 0.05) is 17.0 Å². The molecule has 1 atom stereocenters. The van der Waals surface area contributed by atoms with Gasteiger partial charge in [-0.05, 0) is 31.5 Å². The molecule has 0 spiro atoms. The molecule has 0 aliphatic carbocycles. The number of fused-ring (bicyclic) bond motifs is 1. The molecule has 1 amide bonds. The number of hydrogen-bond donors (Lipinski definition) is 3. The molecule has 0 fully saturated rings. The molecule has 9 heteroatoms. The Balaban J connectivity index is 2.08. The Morgan fingerprint density at radius 1 is 1.19 bits per heavy atom. The van der Waals surface area contributed by atoms with E-state index >= 15 is 0 Å². The van der Waals surface area contributed by atoms with E-state index in [0.29, 0.717) is 11.1 Å². The fraction of sp³-hybridized carbons (Fsp3) is 0.294. The van der Waals surface area contributed by atoms with Gasteiger partial charge in [-0.25, -0.2) is 9.59 Å². The van der Waals surface area contributed by atoms with Crippen LogP contribution in [0.25, 0.3) is 11.0 Å². The van der Waals surface area contributed by atoms with Crippen molar-refractivity contribution < 1.29 is 33.8 Å². The second kappa shape index (κ2) is 7.68. The number of benzene rings is 1. The zero-order valence-corrected chi connectivity index (χ0v) is 14.1. The fourth-order valence-electron chi connectivity index (χ4n) is 2.28. The summed E-state index contributed by atoms with van der Waals surface area (Å²) in [6.07, 6.45) is -0.749. The van der Waals surface area contributed by atoms with Crippen LogP contribution in [0.5, 0.6) is 5.75 Å². The fourth-order valence-corrected chi connectivity index (χ4v) is 2.28. The second-order valence-electron chi connectivity index (χ2n) is 5.64. The van der Waals surface area contributed by atoms with Gasteiger partial charge in [-0.3, -0.25) is 9.59 Å². The summed E-state index contributed by atoms with van der Waals surface area (Å²) in [5.41, 5.74) is 1.11. The van der Waals surface area contributed by atoms with Gasteiger partial charge in [-0.15, -0.1) is 0 Å². The maximum atomic E-state index is 11.8. The van der Waals surface area contributed by atoms with Crippen molar-refractivity contribution in [3.8, 4) is 5.75 Å². The zero-order chi connectivity index (χ0) is 19.4. The molecular weight excluding hydrogens is 346 g/mol. The van der Waals surface area contributed by atoms with Crippen LogP contribution in [-0.4, -0.2) is 40.7 Å². The van der Waals surface area contributed by atoms with Gasteiger partial charge in [-0.1, -0.05) is 0 Å². The normalized spacial score (nSPS) is 11.8. The Morgan fingerprint density at radius 2 is 1.88 bits per heavy atom. The molecule has 0 aliphatic heterocycles. The summed E-state index contributed by atoms with van der Waals surface area (Å²) in [7, 11) is 0. The molecule has 0 saturated carbocycles. The van der Waals surface area contributed by atoms with Gasteiger partial charge < -0.3 is 24.7 Å². The van der Waals surface area contributed by atoms with Crippen molar-refractivity contribution in [2.45, 2.75) is 26.3 Å². The van der Waals surface area contributed by atoms with Crippen molar-refractivity contribution in [2.75, 3.05) is 6.61 Å². The predicted octanol–water partition coefficient (Wildman–Crippen LogP) is 0.833. The Hall–Kier alpha value is -3.36. The second-order valence-corrected chi connectivity index (χ2v) is 5.64. The number of aliphatic carboxylic acids is 2. The van der Waals surface area contributed by atoms with Crippen molar-refractivity contribution in [1.29, 1.82) is 0 Å². The van der Waals surface area contributed by atoms with Crippen molar-refractivity contribution in [3.63, 3.8) is 0 Å². The lowest BCUT2D eigenvalue weighted by Crippen LogP contribution is -2.44. The number of carboxylic acids is 2. The van der Waals surface area contributed by atoms with Crippen LogP contribution >= 0.6 is 0 Å². The highest BCUT2D eigenvalue weighted by atomic mass is 16.5. The van der Waals surface area contributed by atoms with Crippen LogP contribution in [0.2, 0.25) is 0 Å². The molecule has 1 heterocycles. The third kappa shape index (κ3) is 4.38. The van der Waals surface area contributed by atoms with E-state index in [4.69, 9.17) is 19.4 Å². The molecule has 26 heavy (non-hydrogen) atoms. The number of amides is 1. The van der Waals surface area contributed by atoms with Crippen molar-refractivity contribution >= 4 is 28.8 Å². The minimum absolute atomic E-state index is 0.240. The standard InChI is InChI=1S/C17H17NO8/c1-8-9(2)17(24)26-13-5-10(3-4-11(8)13)25-7-14(19)18-12(16(22)23)6-15(20)21/h3-5,12H,6-7H2,1-2H3,(H,18,19)(H,20,21)(H,22,23). The first kappa shape index (κ1) is 19.0. The molecule has 1 aromatic heterocycles. The Labute approximate surface area is 147 Å². The smallest absolute Gasteiger partial charge is 0.339 e. The van der Waals surface area contributed by atoms with Crippen molar-refractivity contribution in [3.05, 3.63) is 39.7 Å². The average molecular weight is 363 g/mol. The quantitative estimate of drug-likeness (QED) is 0.614. The minimum Gasteiger partial charge on any atom is -0.484 e. The molecular formula is C17H17NO8. The summed E-state index contributed by atoms with van der Waals surface area (Å²) in [6, 6.07) is 3.15. The first-order valence-electron chi connectivity index (χ1n) is 7.60. The van der Waals surface area contributed by atoms with Crippen molar-refractivity contribution in [2.24, 2.45) is 0 Å². The largest absolute Gasteiger partial charge is 0.484 e. The molecule has 9 nitrogen and oxygen atoms in total. The summed E-state index contributed by atoms with van der Waals surface area (Å²) >= 11 is 0. The van der Waals surface area contributed by atoms with Gasteiger partial charge in [0.25, 0.3) is 5.91 Å². The van der Waals surface area contributed by atoms with E-state index in [9.17, 15) is 19.2 Å². The van der Waals surface area contributed by atoms with Crippen LogP contribution in [0.4, 0.5) is 0 Å². The van der Waals surface area contributed by atoms with Gasteiger partial charge in [-0.2, -0.15) is 0 Å². The topological polar surface area (TPSA) is 143 Å². The Bertz CT molecular complexity index is 930. The van der Waals surface area contributed by atoms with Gasteiger partial charge in [0.2, 0.25) is 0 Å². The highest BCUT2D eigenvalue weighted by Crippen LogP contribution is 2.23. The first-order valence-corrected chi connectivity index (χ1v) is 7.60. The van der Waals surface area contributed by atoms with Crippen LogP contribution in [0.3, 0.4) is 0 Å². The van der Waals surface area contributed by atoms with Crippen LogP contribution in [-0.2, 0) is 14.4 Å². The summed E-state index contributed by atoms with van der Waals surface area (Å²) < 4.78 is 10.4. The van der Waals surface area contributed by atoms with Gasteiger partial charge >= 0.3 is 17.6 Å². The molecule has 138 valence electrons. The molecule has 0 aliphatic rings. The maximum absolute atomic E-state index is 11.8. The highest BCUT2D eigenvalue weighted by molar-refractivity contribution is 5.87. The number of aryl methyl sites for hydroxylation is 1. The Morgan fingerprint density at radius 3 is 2.50 bits per heavy atom. The summed E-state index contributed by atoms with van der Waals surface area (Å²) in [4.78, 5) is 45.0. The lowest BCUT2D eigenvalue weighted by atomic mass is 10.1. The number of carbonyl (C=O) groups excluding carboxylic acids is 1. The number of rotatable bonds is 7. The summed E-state index contributed by atoms with van der Waals surface area (Å²) in [6.45, 7) is 2.92. The molecule has 2 aromatic rings. The van der Waals surface area contributed by atoms with E-state index in [1.165, 1.54) is 6.07 Å². The van der Waals surface area contributed by atoms with Gasteiger partial charge in [0.15, 0.2) is 6.61 Å². The number of carboxylic acid groups (broad SMARTS) is 2. The first-order chi connectivity index (χ1) is 12.2. The van der Waals surface area contributed by atoms with E-state index < -0.39 is 42.5 Å². The van der Waals surface area contributed by atoms with Crippen LogP contribution in [0.15, 0.2) is 27.4 Å². The van der Waals surface area contributed by atoms with Crippen molar-refractivity contribution in [1.82, 2.24) is 5.32 Å². The van der Waals surface area contributed by atoms with Crippen LogP contribution in [0.1, 0.15) is 17.5 Å². The number of nitrogens with one attached hydrogen (secondary N) is 1. The third-order valence-electron chi connectivity index (χ3n) is 3.81. The molecule has 0 bridgehead atoms. The van der Waals surface area contributed by atoms with Gasteiger partial charge in [0.05, 0.1) is 6.42 Å². The molecule has 0 radical (unpaired) electrons. The minimum atomic E-state index is -1.55. The molecule has 1 unspecified atom stereocenters. The van der Waals surface area contributed by atoms with Crippen LogP contribution < -0.4 is 15.7 Å². The molecule has 1 aromatic carbocycles. The SMILES string of the molecule is Cc1c(C)c2ccc(OCC(=O)NC(CC(=O)O)C(=O)O)cc2oc1=O. The highest BCUT2D eigenvalue weighted by Gasteiger charge is 2.23. The number of ether oxygens (including phenoxy) is 1. The van der Waals surface area contributed by atoms with E-state index in [1.54, 1.807) is 26.0 Å². The monoisotopic (exact) mass is 363 g/mol. The van der Waals surface area contributed by atoms with E-state index in [0.717, 1.165) is 10.9 Å². The van der Waals surface area contributed by atoms with E-state index in [1.807, 2.05) is 0 Å². The third-order valence-corrected chi connectivity index (χ3v) is 3.81. The predicted molar refractivity (Wildman–Crippen MR) is 89.3 cm³/mol. The maximum Gasteiger partial charge on any atom is 0.339 e. The van der Waals surface area contributed by atoms with E-state index in [2.05, 4.69) is 5.32 Å². The average Bonchev–Trinajstić information content (AvgIpc) is 2.56. The molecule has 0 saturated heterocycles. The Kier molecular flexibility index (Phi) is 5.61. The van der Waals surface area contributed by atoms with E-state index in [-0.39, 0.29) is 5.75 Å². The number of carbonyl (C=O) groups is 3.